The van der Waals surface area contributed by atoms with Crippen molar-refractivity contribution in [1.29, 1.82) is 0 Å². The highest BCUT2D eigenvalue weighted by Gasteiger charge is 2.34. The van der Waals surface area contributed by atoms with E-state index < -0.39 is 0 Å². The minimum Gasteiger partial charge on any atom is -0.324 e. The maximum absolute atomic E-state index is 12.5. The standard InChI is InChI=1S/C19H21N5O3S2/c1-12(25)24(13-8-9-13)18-21-22-19(29-18)28-11-16(26)20-14-5-2-3-6-15(14)23-10-4-7-17(23)27/h2-3,5-6,13H,4,7-11H2,1H3,(H,20,26). The third kappa shape index (κ3) is 4.59. The molecule has 152 valence electrons. The first kappa shape index (κ1) is 19.8. The topological polar surface area (TPSA) is 95.5 Å². The van der Waals surface area contributed by atoms with Crippen molar-refractivity contribution in [2.24, 2.45) is 0 Å². The Bertz CT molecular complexity index is 943. The number of carbonyl (C=O) groups excluding carboxylic acids is 3. The Balaban J connectivity index is 1.37. The van der Waals surface area contributed by atoms with E-state index in [9.17, 15) is 14.4 Å². The zero-order valence-electron chi connectivity index (χ0n) is 16.0. The lowest BCUT2D eigenvalue weighted by molar-refractivity contribution is -0.117. The van der Waals surface area contributed by atoms with Gasteiger partial charge in [-0.1, -0.05) is 35.2 Å². The van der Waals surface area contributed by atoms with Gasteiger partial charge in [-0.3, -0.25) is 19.3 Å². The fourth-order valence-electron chi connectivity index (χ4n) is 3.27. The van der Waals surface area contributed by atoms with E-state index in [-0.39, 0.29) is 29.5 Å². The number of carbonyl (C=O) groups is 3. The smallest absolute Gasteiger partial charge is 0.234 e. The molecule has 8 nitrogen and oxygen atoms in total. The summed E-state index contributed by atoms with van der Waals surface area (Å²) < 4.78 is 0.644. The van der Waals surface area contributed by atoms with Gasteiger partial charge in [0.1, 0.15) is 0 Å². The maximum atomic E-state index is 12.5. The maximum Gasteiger partial charge on any atom is 0.234 e. The molecule has 1 aliphatic heterocycles. The summed E-state index contributed by atoms with van der Waals surface area (Å²) in [6.45, 7) is 2.20. The average Bonchev–Trinajstić information content (AvgIpc) is 3.24. The molecule has 0 radical (unpaired) electrons. The molecule has 4 rings (SSSR count). The molecule has 0 spiro atoms. The molecule has 1 saturated carbocycles. The molecule has 2 fully saturated rings. The number of benzene rings is 1. The van der Waals surface area contributed by atoms with Crippen LogP contribution < -0.4 is 15.1 Å². The number of hydrogen-bond donors (Lipinski definition) is 1. The van der Waals surface area contributed by atoms with Gasteiger partial charge >= 0.3 is 0 Å². The van der Waals surface area contributed by atoms with Gasteiger partial charge in [-0.2, -0.15) is 0 Å². The minimum absolute atomic E-state index is 0.0361. The largest absolute Gasteiger partial charge is 0.324 e. The van der Waals surface area contributed by atoms with E-state index in [1.807, 2.05) is 18.2 Å². The Labute approximate surface area is 176 Å². The van der Waals surface area contributed by atoms with Crippen LogP contribution in [0.15, 0.2) is 28.6 Å². The van der Waals surface area contributed by atoms with Crippen molar-refractivity contribution in [3.63, 3.8) is 0 Å². The van der Waals surface area contributed by atoms with Gasteiger partial charge in [0.25, 0.3) is 0 Å². The van der Waals surface area contributed by atoms with Crippen LogP contribution >= 0.6 is 23.1 Å². The van der Waals surface area contributed by atoms with Gasteiger partial charge in [-0.25, -0.2) is 0 Å². The van der Waals surface area contributed by atoms with Crippen LogP contribution in [0.2, 0.25) is 0 Å². The summed E-state index contributed by atoms with van der Waals surface area (Å²) in [5.74, 6) is 0.0241. The van der Waals surface area contributed by atoms with Crippen molar-refractivity contribution in [2.45, 2.75) is 43.0 Å². The molecule has 2 heterocycles. The molecule has 3 amide bonds. The summed E-state index contributed by atoms with van der Waals surface area (Å²) in [4.78, 5) is 39.7. The molecule has 1 aromatic carbocycles. The normalized spacial score (nSPS) is 16.2. The highest BCUT2D eigenvalue weighted by Crippen LogP contribution is 2.36. The first-order chi connectivity index (χ1) is 14.0. The van der Waals surface area contributed by atoms with E-state index in [1.165, 1.54) is 30.0 Å². The summed E-state index contributed by atoms with van der Waals surface area (Å²) in [6, 6.07) is 7.56. The van der Waals surface area contributed by atoms with Crippen LogP contribution in [-0.2, 0) is 14.4 Å². The fraction of sp³-hybridized carbons (Fsp3) is 0.421. The van der Waals surface area contributed by atoms with E-state index in [4.69, 9.17) is 0 Å². The summed E-state index contributed by atoms with van der Waals surface area (Å²) in [7, 11) is 0. The Morgan fingerprint density at radius 1 is 1.31 bits per heavy atom. The van der Waals surface area contributed by atoms with Crippen molar-refractivity contribution in [2.75, 3.05) is 27.4 Å². The number of amides is 3. The number of aromatic nitrogens is 2. The first-order valence-electron chi connectivity index (χ1n) is 9.48. The van der Waals surface area contributed by atoms with E-state index >= 15 is 0 Å². The van der Waals surface area contributed by atoms with Crippen molar-refractivity contribution in [3.8, 4) is 0 Å². The lowest BCUT2D eigenvalue weighted by atomic mass is 10.2. The zero-order valence-corrected chi connectivity index (χ0v) is 17.6. The third-order valence-electron chi connectivity index (χ3n) is 4.72. The van der Waals surface area contributed by atoms with E-state index in [0.717, 1.165) is 24.9 Å². The van der Waals surface area contributed by atoms with Gasteiger partial charge in [0, 0.05) is 25.9 Å². The van der Waals surface area contributed by atoms with Gasteiger partial charge < -0.3 is 10.2 Å². The van der Waals surface area contributed by atoms with Crippen molar-refractivity contribution < 1.29 is 14.4 Å². The predicted molar refractivity (Wildman–Crippen MR) is 113 cm³/mol. The lowest BCUT2D eigenvalue weighted by Gasteiger charge is -2.19. The van der Waals surface area contributed by atoms with Crippen LogP contribution in [0.25, 0.3) is 0 Å². The van der Waals surface area contributed by atoms with E-state index in [1.54, 1.807) is 15.9 Å². The summed E-state index contributed by atoms with van der Waals surface area (Å²) in [5, 5.41) is 11.7. The number of thioether (sulfide) groups is 1. The number of anilines is 3. The SMILES string of the molecule is CC(=O)N(c1nnc(SCC(=O)Nc2ccccc2N2CCCC2=O)s1)C1CC1. The lowest BCUT2D eigenvalue weighted by Crippen LogP contribution is -2.30. The van der Waals surface area contributed by atoms with Gasteiger partial charge in [-0.05, 0) is 31.4 Å². The number of rotatable bonds is 7. The molecular weight excluding hydrogens is 410 g/mol. The molecule has 1 N–H and O–H groups in total. The third-order valence-corrected chi connectivity index (χ3v) is 6.78. The monoisotopic (exact) mass is 431 g/mol. The molecule has 1 saturated heterocycles. The van der Waals surface area contributed by atoms with E-state index in [2.05, 4.69) is 15.5 Å². The van der Waals surface area contributed by atoms with Crippen molar-refractivity contribution >= 4 is 57.3 Å². The zero-order chi connectivity index (χ0) is 20.4. The van der Waals surface area contributed by atoms with Gasteiger partial charge in [0.05, 0.1) is 17.1 Å². The van der Waals surface area contributed by atoms with Crippen molar-refractivity contribution in [3.05, 3.63) is 24.3 Å². The van der Waals surface area contributed by atoms with Crippen LogP contribution in [0.3, 0.4) is 0 Å². The molecule has 2 aromatic rings. The Morgan fingerprint density at radius 3 is 2.79 bits per heavy atom. The number of nitrogens with zero attached hydrogens (tertiary/aromatic N) is 4. The minimum atomic E-state index is -0.184. The second-order valence-corrected chi connectivity index (χ2v) is 9.15. The highest BCUT2D eigenvalue weighted by molar-refractivity contribution is 8.01. The Morgan fingerprint density at radius 2 is 2.10 bits per heavy atom. The van der Waals surface area contributed by atoms with Crippen LogP contribution in [0.5, 0.6) is 0 Å². The second kappa shape index (κ2) is 8.50. The fourth-order valence-corrected chi connectivity index (χ4v) is 5.03. The molecule has 1 aliphatic carbocycles. The number of para-hydroxylation sites is 2. The van der Waals surface area contributed by atoms with Gasteiger partial charge in [-0.15, -0.1) is 10.2 Å². The Kier molecular flexibility index (Phi) is 5.81. The first-order valence-corrected chi connectivity index (χ1v) is 11.3. The van der Waals surface area contributed by atoms with Crippen LogP contribution in [-0.4, -0.2) is 46.3 Å². The van der Waals surface area contributed by atoms with Crippen LogP contribution in [0, 0.1) is 0 Å². The summed E-state index contributed by atoms with van der Waals surface area (Å²) >= 11 is 2.61. The van der Waals surface area contributed by atoms with Gasteiger partial charge in [0.15, 0.2) is 4.34 Å². The summed E-state index contributed by atoms with van der Waals surface area (Å²) in [6.07, 6.45) is 3.34. The molecule has 0 unspecified atom stereocenters. The molecule has 1 aromatic heterocycles. The quantitative estimate of drug-likeness (QED) is 0.535. The van der Waals surface area contributed by atoms with Crippen LogP contribution in [0.1, 0.15) is 32.6 Å². The number of hydrogen-bond acceptors (Lipinski definition) is 7. The highest BCUT2D eigenvalue weighted by atomic mass is 32.2. The second-order valence-electron chi connectivity index (χ2n) is 6.97. The predicted octanol–water partition coefficient (Wildman–Crippen LogP) is 2.91. The Hall–Kier alpha value is -2.46. The molecule has 2 aliphatic rings. The number of nitrogens with one attached hydrogen (secondary N) is 1. The summed E-state index contributed by atoms with van der Waals surface area (Å²) in [5.41, 5.74) is 1.36. The molecule has 29 heavy (non-hydrogen) atoms. The van der Waals surface area contributed by atoms with Crippen LogP contribution in [0.4, 0.5) is 16.5 Å². The average molecular weight is 432 g/mol. The molecule has 10 heteroatoms. The van der Waals surface area contributed by atoms with Crippen molar-refractivity contribution in [1.82, 2.24) is 10.2 Å². The molecular formula is C19H21N5O3S2. The molecule has 0 bridgehead atoms. The molecule has 0 atom stereocenters. The van der Waals surface area contributed by atoms with Gasteiger partial charge in [0.2, 0.25) is 22.9 Å². The van der Waals surface area contributed by atoms with E-state index in [0.29, 0.717) is 28.1 Å².